The van der Waals surface area contributed by atoms with E-state index in [2.05, 4.69) is 22.2 Å². The van der Waals surface area contributed by atoms with E-state index in [0.717, 1.165) is 41.4 Å². The molecule has 0 bridgehead atoms. The van der Waals surface area contributed by atoms with Gasteiger partial charge in [-0.15, -0.1) is 0 Å². The van der Waals surface area contributed by atoms with Gasteiger partial charge in [-0.2, -0.15) is 0 Å². The van der Waals surface area contributed by atoms with Crippen molar-refractivity contribution in [2.45, 2.75) is 31.4 Å². The SMILES string of the molecule is CN1CCCC1C(CNC(=O)OCc1ccccc1)c1c[nH]c2cc(F)ccc12. The van der Waals surface area contributed by atoms with Gasteiger partial charge in [0.2, 0.25) is 0 Å². The number of rotatable bonds is 6. The van der Waals surface area contributed by atoms with Gasteiger partial charge in [0.25, 0.3) is 0 Å². The van der Waals surface area contributed by atoms with Crippen molar-refractivity contribution in [1.82, 2.24) is 15.2 Å². The first-order chi connectivity index (χ1) is 14.1. The van der Waals surface area contributed by atoms with E-state index >= 15 is 0 Å². The van der Waals surface area contributed by atoms with Crippen molar-refractivity contribution in [3.05, 3.63) is 71.7 Å². The Bertz CT molecular complexity index is 973. The summed E-state index contributed by atoms with van der Waals surface area (Å²) in [6.45, 7) is 1.75. The zero-order chi connectivity index (χ0) is 20.2. The Hall–Kier alpha value is -2.86. The van der Waals surface area contributed by atoms with Crippen LogP contribution in [0.1, 0.15) is 29.9 Å². The monoisotopic (exact) mass is 395 g/mol. The number of halogens is 1. The van der Waals surface area contributed by atoms with E-state index < -0.39 is 6.09 Å². The lowest BCUT2D eigenvalue weighted by atomic mass is 9.89. The molecule has 0 spiro atoms. The zero-order valence-electron chi connectivity index (χ0n) is 16.5. The Morgan fingerprint density at radius 3 is 2.90 bits per heavy atom. The maximum absolute atomic E-state index is 13.6. The minimum atomic E-state index is -0.426. The number of H-pyrrole nitrogens is 1. The predicted octanol–water partition coefficient (Wildman–Crippen LogP) is 4.41. The van der Waals surface area contributed by atoms with Crippen LogP contribution in [-0.4, -0.2) is 42.2 Å². The highest BCUT2D eigenvalue weighted by Gasteiger charge is 2.32. The van der Waals surface area contributed by atoms with Crippen LogP contribution < -0.4 is 5.32 Å². The molecular formula is C23H26FN3O2. The normalized spacial score (nSPS) is 18.1. The number of nitrogens with one attached hydrogen (secondary N) is 2. The van der Waals surface area contributed by atoms with Crippen LogP contribution in [0.2, 0.25) is 0 Å². The maximum Gasteiger partial charge on any atom is 0.407 e. The van der Waals surface area contributed by atoms with Gasteiger partial charge in [0.05, 0.1) is 0 Å². The number of carbonyl (C=O) groups is 1. The number of nitrogens with zero attached hydrogens (tertiary/aromatic N) is 1. The van der Waals surface area contributed by atoms with Crippen LogP contribution in [0.5, 0.6) is 0 Å². The molecule has 0 aliphatic carbocycles. The first kappa shape index (κ1) is 19.5. The molecule has 1 aromatic heterocycles. The molecular weight excluding hydrogens is 369 g/mol. The number of likely N-dealkylation sites (N-methyl/N-ethyl adjacent to an activating group) is 1. The summed E-state index contributed by atoms with van der Waals surface area (Å²) in [6, 6.07) is 14.7. The van der Waals surface area contributed by atoms with Crippen molar-refractivity contribution >= 4 is 17.0 Å². The van der Waals surface area contributed by atoms with E-state index in [-0.39, 0.29) is 18.3 Å². The summed E-state index contributed by atoms with van der Waals surface area (Å²) in [4.78, 5) is 17.8. The van der Waals surface area contributed by atoms with Gasteiger partial charge in [-0.3, -0.25) is 0 Å². The number of aromatic nitrogens is 1. The van der Waals surface area contributed by atoms with Gasteiger partial charge in [0.1, 0.15) is 12.4 Å². The summed E-state index contributed by atoms with van der Waals surface area (Å²) < 4.78 is 19.0. The fourth-order valence-electron chi connectivity index (χ4n) is 4.29. The van der Waals surface area contributed by atoms with E-state index in [1.54, 1.807) is 0 Å². The second-order valence-electron chi connectivity index (χ2n) is 7.67. The Morgan fingerprint density at radius 1 is 1.31 bits per heavy atom. The predicted molar refractivity (Wildman–Crippen MR) is 111 cm³/mol. The second kappa shape index (κ2) is 8.66. The molecule has 0 saturated carbocycles. The van der Waals surface area contributed by atoms with E-state index in [1.807, 2.05) is 42.6 Å². The molecule has 1 saturated heterocycles. The topological polar surface area (TPSA) is 57.4 Å². The third-order valence-electron chi connectivity index (χ3n) is 5.80. The molecule has 4 rings (SSSR count). The standard InChI is InChI=1S/C23H26FN3O2/c1-27-11-5-8-22(27)20(19-13-25-21-12-17(24)9-10-18(19)21)14-26-23(28)29-15-16-6-3-2-4-7-16/h2-4,6-7,9-10,12-13,20,22,25H,5,8,11,14-15H2,1H3,(H,26,28). The number of fused-ring (bicyclic) bond motifs is 1. The molecule has 1 aliphatic heterocycles. The molecule has 1 fully saturated rings. The summed E-state index contributed by atoms with van der Waals surface area (Å²) in [5, 5.41) is 3.94. The van der Waals surface area contributed by atoms with Crippen molar-refractivity contribution in [3.63, 3.8) is 0 Å². The lowest BCUT2D eigenvalue weighted by Crippen LogP contribution is -2.38. The van der Waals surface area contributed by atoms with Gasteiger partial charge < -0.3 is 19.9 Å². The molecule has 29 heavy (non-hydrogen) atoms. The number of alkyl carbamates (subject to hydrolysis) is 1. The van der Waals surface area contributed by atoms with Crippen LogP contribution in [0.25, 0.3) is 10.9 Å². The van der Waals surface area contributed by atoms with Crippen molar-refractivity contribution in [2.75, 3.05) is 20.1 Å². The molecule has 2 N–H and O–H groups in total. The molecule has 2 atom stereocenters. The smallest absolute Gasteiger partial charge is 0.407 e. The second-order valence-corrected chi connectivity index (χ2v) is 7.67. The first-order valence-corrected chi connectivity index (χ1v) is 10.0. The van der Waals surface area contributed by atoms with Gasteiger partial charge in [0.15, 0.2) is 0 Å². The summed E-state index contributed by atoms with van der Waals surface area (Å²) in [5.74, 6) is -0.172. The lowest BCUT2D eigenvalue weighted by Gasteiger charge is -2.29. The fraction of sp³-hybridized carbons (Fsp3) is 0.348. The Morgan fingerprint density at radius 2 is 2.14 bits per heavy atom. The van der Waals surface area contributed by atoms with Crippen LogP contribution in [0.3, 0.4) is 0 Å². The minimum Gasteiger partial charge on any atom is -0.445 e. The van der Waals surface area contributed by atoms with Gasteiger partial charge >= 0.3 is 6.09 Å². The van der Waals surface area contributed by atoms with E-state index in [0.29, 0.717) is 12.6 Å². The van der Waals surface area contributed by atoms with Gasteiger partial charge in [0, 0.05) is 35.6 Å². The van der Waals surface area contributed by atoms with Gasteiger partial charge in [-0.1, -0.05) is 30.3 Å². The molecule has 2 unspecified atom stereocenters. The molecule has 3 aromatic rings. The van der Waals surface area contributed by atoms with E-state index in [1.165, 1.54) is 12.1 Å². The van der Waals surface area contributed by atoms with Crippen LogP contribution in [-0.2, 0) is 11.3 Å². The average molecular weight is 395 g/mol. The van der Waals surface area contributed by atoms with Crippen LogP contribution >= 0.6 is 0 Å². The Labute approximate surface area is 169 Å². The minimum absolute atomic E-state index is 0.0889. The highest BCUT2D eigenvalue weighted by atomic mass is 19.1. The molecule has 2 heterocycles. The molecule has 1 aliphatic rings. The maximum atomic E-state index is 13.6. The number of likely N-dealkylation sites (tertiary alicyclic amines) is 1. The summed E-state index contributed by atoms with van der Waals surface area (Å²) >= 11 is 0. The molecule has 0 radical (unpaired) electrons. The largest absolute Gasteiger partial charge is 0.445 e. The van der Waals surface area contributed by atoms with Crippen molar-refractivity contribution < 1.29 is 13.9 Å². The lowest BCUT2D eigenvalue weighted by molar-refractivity contribution is 0.137. The molecule has 152 valence electrons. The fourth-order valence-corrected chi connectivity index (χ4v) is 4.29. The number of ether oxygens (including phenoxy) is 1. The van der Waals surface area contributed by atoms with Crippen LogP contribution in [0.4, 0.5) is 9.18 Å². The highest BCUT2D eigenvalue weighted by molar-refractivity contribution is 5.84. The Balaban J connectivity index is 1.48. The molecule has 2 aromatic carbocycles. The highest BCUT2D eigenvalue weighted by Crippen LogP contribution is 2.34. The molecule has 5 nitrogen and oxygen atoms in total. The average Bonchev–Trinajstić information content (AvgIpc) is 3.34. The third-order valence-corrected chi connectivity index (χ3v) is 5.80. The summed E-state index contributed by atoms with van der Waals surface area (Å²) in [7, 11) is 2.12. The number of hydrogen-bond acceptors (Lipinski definition) is 3. The zero-order valence-corrected chi connectivity index (χ0v) is 16.5. The van der Waals surface area contributed by atoms with Gasteiger partial charge in [-0.05, 0) is 55.8 Å². The van der Waals surface area contributed by atoms with Crippen LogP contribution in [0.15, 0.2) is 54.7 Å². The summed E-state index contributed by atoms with van der Waals surface area (Å²) in [5.41, 5.74) is 2.83. The van der Waals surface area contributed by atoms with Crippen LogP contribution in [0, 0.1) is 5.82 Å². The third kappa shape index (κ3) is 4.43. The van der Waals surface area contributed by atoms with E-state index in [9.17, 15) is 9.18 Å². The molecule has 6 heteroatoms. The first-order valence-electron chi connectivity index (χ1n) is 10.0. The van der Waals surface area contributed by atoms with Crippen molar-refractivity contribution in [3.8, 4) is 0 Å². The number of hydrogen-bond donors (Lipinski definition) is 2. The van der Waals surface area contributed by atoms with Crippen molar-refractivity contribution in [2.24, 2.45) is 0 Å². The number of carbonyl (C=O) groups excluding carboxylic acids is 1. The number of benzene rings is 2. The molecule has 1 amide bonds. The number of amides is 1. The quantitative estimate of drug-likeness (QED) is 0.650. The van der Waals surface area contributed by atoms with Crippen molar-refractivity contribution in [1.29, 1.82) is 0 Å². The number of aromatic amines is 1. The summed E-state index contributed by atoms with van der Waals surface area (Å²) in [6.07, 6.45) is 3.71. The van der Waals surface area contributed by atoms with Gasteiger partial charge in [-0.25, -0.2) is 9.18 Å². The van der Waals surface area contributed by atoms with E-state index in [4.69, 9.17) is 4.74 Å². The Kier molecular flexibility index (Phi) is 5.81.